The normalized spacial score (nSPS) is 10.0. The van der Waals surface area contributed by atoms with Gasteiger partial charge in [0.25, 0.3) is 5.91 Å². The molecule has 0 unspecified atom stereocenters. The Morgan fingerprint density at radius 2 is 2.33 bits per heavy atom. The Balaban J connectivity index is 3.23. The van der Waals surface area contributed by atoms with E-state index in [-0.39, 0.29) is 5.69 Å². The number of nitrogens with one attached hydrogen (secondary N) is 1. The summed E-state index contributed by atoms with van der Waals surface area (Å²) in [6.45, 7) is 1.99. The summed E-state index contributed by atoms with van der Waals surface area (Å²) >= 11 is 0. The van der Waals surface area contributed by atoms with Gasteiger partial charge >= 0.3 is 0 Å². The molecule has 0 aliphatic heterocycles. The number of aryl methyl sites for hydroxylation is 2. The molecule has 6 heteroatoms. The fourth-order valence-corrected chi connectivity index (χ4v) is 1.48. The van der Waals surface area contributed by atoms with Crippen molar-refractivity contribution in [3.63, 3.8) is 0 Å². The summed E-state index contributed by atoms with van der Waals surface area (Å²) in [5.41, 5.74) is 6.53. The van der Waals surface area contributed by atoms with E-state index in [1.54, 1.807) is 7.05 Å². The van der Waals surface area contributed by atoms with E-state index >= 15 is 0 Å². The Hall–Kier alpha value is -1.85. The number of nitrogens with two attached hydrogens (primary N) is 1. The van der Waals surface area contributed by atoms with Crippen LogP contribution in [0, 0.1) is 0 Å². The molecule has 15 heavy (non-hydrogen) atoms. The fourth-order valence-electron chi connectivity index (χ4n) is 1.48. The standard InChI is InChI=1S/C9H14N4O2/c1-3-4-6-7(11-5-14)8(9(10)15)13(2)12-6/h5H,3-4H2,1-2H3,(H2,10,15)(H,11,14). The lowest BCUT2D eigenvalue weighted by Crippen LogP contribution is -2.17. The minimum absolute atomic E-state index is 0.227. The van der Waals surface area contributed by atoms with E-state index in [9.17, 15) is 9.59 Å². The van der Waals surface area contributed by atoms with Gasteiger partial charge in [-0.15, -0.1) is 0 Å². The van der Waals surface area contributed by atoms with Crippen molar-refractivity contribution in [1.29, 1.82) is 0 Å². The topological polar surface area (TPSA) is 90.0 Å². The van der Waals surface area contributed by atoms with Crippen molar-refractivity contribution in [2.24, 2.45) is 12.8 Å². The molecule has 82 valence electrons. The number of primary amides is 1. The summed E-state index contributed by atoms with van der Waals surface area (Å²) in [4.78, 5) is 21.6. The Labute approximate surface area is 87.4 Å². The minimum Gasteiger partial charge on any atom is -0.364 e. The van der Waals surface area contributed by atoms with Gasteiger partial charge in [0.1, 0.15) is 5.69 Å². The van der Waals surface area contributed by atoms with Crippen LogP contribution in [-0.2, 0) is 18.3 Å². The van der Waals surface area contributed by atoms with Crippen LogP contribution in [0.25, 0.3) is 0 Å². The van der Waals surface area contributed by atoms with Crippen molar-refractivity contribution >= 4 is 18.0 Å². The first-order valence-electron chi connectivity index (χ1n) is 4.67. The number of carbonyl (C=O) groups is 2. The summed E-state index contributed by atoms with van der Waals surface area (Å²) in [5, 5.41) is 6.60. The molecule has 1 aromatic heterocycles. The largest absolute Gasteiger partial charge is 0.364 e. The molecule has 0 saturated heterocycles. The maximum absolute atomic E-state index is 11.1. The van der Waals surface area contributed by atoms with Gasteiger partial charge in [-0.1, -0.05) is 13.3 Å². The molecular formula is C9H14N4O2. The number of nitrogens with zero attached hydrogens (tertiary/aromatic N) is 2. The second kappa shape index (κ2) is 4.59. The van der Waals surface area contributed by atoms with E-state index in [1.807, 2.05) is 6.92 Å². The van der Waals surface area contributed by atoms with Crippen molar-refractivity contribution in [3.05, 3.63) is 11.4 Å². The average molecular weight is 210 g/mol. The lowest BCUT2D eigenvalue weighted by molar-refractivity contribution is -0.105. The average Bonchev–Trinajstić information content (AvgIpc) is 2.44. The summed E-state index contributed by atoms with van der Waals surface area (Å²) < 4.78 is 1.39. The van der Waals surface area contributed by atoms with Crippen LogP contribution in [0.1, 0.15) is 29.5 Å². The van der Waals surface area contributed by atoms with E-state index in [1.165, 1.54) is 4.68 Å². The van der Waals surface area contributed by atoms with Crippen molar-refractivity contribution in [3.8, 4) is 0 Å². The summed E-state index contributed by atoms with van der Waals surface area (Å²) in [5.74, 6) is -0.600. The van der Waals surface area contributed by atoms with E-state index < -0.39 is 5.91 Å². The van der Waals surface area contributed by atoms with Gasteiger partial charge in [0, 0.05) is 7.05 Å². The van der Waals surface area contributed by atoms with Gasteiger partial charge in [-0.05, 0) is 6.42 Å². The Bertz CT molecular complexity index is 384. The first-order valence-corrected chi connectivity index (χ1v) is 4.67. The van der Waals surface area contributed by atoms with Gasteiger partial charge in [-0.3, -0.25) is 14.3 Å². The highest BCUT2D eigenvalue weighted by Gasteiger charge is 2.18. The summed E-state index contributed by atoms with van der Waals surface area (Å²) in [6.07, 6.45) is 2.09. The van der Waals surface area contributed by atoms with Crippen molar-refractivity contribution in [2.45, 2.75) is 19.8 Å². The third kappa shape index (κ3) is 2.15. The van der Waals surface area contributed by atoms with Crippen LogP contribution in [0.3, 0.4) is 0 Å². The lowest BCUT2D eigenvalue weighted by Gasteiger charge is -2.01. The number of amides is 2. The molecule has 0 aromatic carbocycles. The maximum Gasteiger partial charge on any atom is 0.269 e. The highest BCUT2D eigenvalue weighted by atomic mass is 16.1. The van der Waals surface area contributed by atoms with E-state index in [0.29, 0.717) is 24.2 Å². The van der Waals surface area contributed by atoms with Crippen LogP contribution in [0.2, 0.25) is 0 Å². The monoisotopic (exact) mass is 210 g/mol. The predicted octanol–water partition coefficient (Wildman–Crippen LogP) is 0.0398. The Morgan fingerprint density at radius 3 is 2.80 bits per heavy atom. The highest BCUT2D eigenvalue weighted by molar-refractivity contribution is 5.99. The number of carbonyl (C=O) groups excluding carboxylic acids is 2. The molecule has 2 amide bonds. The Kier molecular flexibility index (Phi) is 3.43. The molecule has 0 fully saturated rings. The van der Waals surface area contributed by atoms with Gasteiger partial charge in [0.2, 0.25) is 6.41 Å². The van der Waals surface area contributed by atoms with Crippen LogP contribution in [0.4, 0.5) is 5.69 Å². The number of anilines is 1. The van der Waals surface area contributed by atoms with Crippen molar-refractivity contribution in [2.75, 3.05) is 5.32 Å². The number of hydrogen-bond donors (Lipinski definition) is 2. The Morgan fingerprint density at radius 1 is 1.67 bits per heavy atom. The molecule has 0 aliphatic carbocycles. The number of rotatable bonds is 5. The molecule has 6 nitrogen and oxygen atoms in total. The fraction of sp³-hybridized carbons (Fsp3) is 0.444. The minimum atomic E-state index is -0.600. The first kappa shape index (κ1) is 11.2. The quantitative estimate of drug-likeness (QED) is 0.672. The highest BCUT2D eigenvalue weighted by Crippen LogP contribution is 2.20. The van der Waals surface area contributed by atoms with Gasteiger partial charge in [-0.2, -0.15) is 5.10 Å². The molecule has 1 rings (SSSR count). The second-order valence-corrected chi connectivity index (χ2v) is 3.17. The lowest BCUT2D eigenvalue weighted by atomic mass is 10.2. The van der Waals surface area contributed by atoms with Gasteiger partial charge in [-0.25, -0.2) is 0 Å². The summed E-state index contributed by atoms with van der Waals surface area (Å²) in [6, 6.07) is 0. The van der Waals surface area contributed by atoms with Gasteiger partial charge < -0.3 is 11.1 Å². The van der Waals surface area contributed by atoms with Crippen molar-refractivity contribution in [1.82, 2.24) is 9.78 Å². The smallest absolute Gasteiger partial charge is 0.269 e. The van der Waals surface area contributed by atoms with Crippen LogP contribution in [-0.4, -0.2) is 22.1 Å². The van der Waals surface area contributed by atoms with Crippen LogP contribution in [0.5, 0.6) is 0 Å². The zero-order valence-corrected chi connectivity index (χ0v) is 8.78. The summed E-state index contributed by atoms with van der Waals surface area (Å²) in [7, 11) is 1.62. The molecule has 0 spiro atoms. The molecule has 0 saturated carbocycles. The van der Waals surface area contributed by atoms with Crippen LogP contribution in [0.15, 0.2) is 0 Å². The van der Waals surface area contributed by atoms with Crippen molar-refractivity contribution < 1.29 is 9.59 Å². The molecule has 3 N–H and O–H groups in total. The molecular weight excluding hydrogens is 196 g/mol. The third-order valence-electron chi connectivity index (χ3n) is 2.04. The van der Waals surface area contributed by atoms with Gasteiger partial charge in [0.15, 0.2) is 0 Å². The van der Waals surface area contributed by atoms with Crippen LogP contribution >= 0.6 is 0 Å². The van der Waals surface area contributed by atoms with E-state index in [2.05, 4.69) is 10.4 Å². The first-order chi connectivity index (χ1) is 7.11. The zero-order valence-electron chi connectivity index (χ0n) is 8.78. The van der Waals surface area contributed by atoms with Gasteiger partial charge in [0.05, 0.1) is 11.4 Å². The maximum atomic E-state index is 11.1. The number of hydrogen-bond acceptors (Lipinski definition) is 3. The molecule has 1 heterocycles. The SMILES string of the molecule is CCCc1nn(C)c(C(N)=O)c1NC=O. The second-order valence-electron chi connectivity index (χ2n) is 3.17. The third-order valence-corrected chi connectivity index (χ3v) is 2.04. The molecule has 0 aliphatic rings. The zero-order chi connectivity index (χ0) is 11.4. The molecule has 0 radical (unpaired) electrons. The molecule has 0 atom stereocenters. The van der Waals surface area contributed by atoms with E-state index in [0.717, 1.165) is 6.42 Å². The number of aromatic nitrogens is 2. The van der Waals surface area contributed by atoms with E-state index in [4.69, 9.17) is 5.73 Å². The molecule has 1 aromatic rings. The molecule has 0 bridgehead atoms. The van der Waals surface area contributed by atoms with Crippen LogP contribution < -0.4 is 11.1 Å². The predicted molar refractivity (Wildman–Crippen MR) is 55.4 cm³/mol.